The van der Waals surface area contributed by atoms with Crippen LogP contribution in [0.1, 0.15) is 6.92 Å². The van der Waals surface area contributed by atoms with Crippen molar-refractivity contribution in [2.75, 3.05) is 26.1 Å². The minimum Gasteiger partial charge on any atom is -0.382 e. The molecule has 0 aromatic heterocycles. The first-order valence-corrected chi connectivity index (χ1v) is 8.22. The van der Waals surface area contributed by atoms with E-state index in [9.17, 15) is 9.46 Å². The van der Waals surface area contributed by atoms with Crippen LogP contribution >= 0.6 is 19.4 Å². The van der Waals surface area contributed by atoms with Gasteiger partial charge in [-0.1, -0.05) is 0 Å². The Balaban J connectivity index is 2.19. The van der Waals surface area contributed by atoms with Gasteiger partial charge in [-0.05, 0) is 6.92 Å². The minimum atomic E-state index is -3.49. The lowest BCUT2D eigenvalue weighted by Crippen LogP contribution is -2.45. The van der Waals surface area contributed by atoms with Gasteiger partial charge in [0.1, 0.15) is 11.7 Å². The highest BCUT2D eigenvalue weighted by Gasteiger charge is 2.61. The van der Waals surface area contributed by atoms with E-state index in [-0.39, 0.29) is 17.5 Å². The molecule has 16 heavy (non-hydrogen) atoms. The normalized spacial score (nSPS) is 45.9. The first-order valence-electron chi connectivity index (χ1n) is 5.15. The van der Waals surface area contributed by atoms with Gasteiger partial charge >= 0.3 is 7.60 Å². The molecule has 0 aliphatic carbocycles. The van der Waals surface area contributed by atoms with Crippen molar-refractivity contribution in [2.45, 2.75) is 30.0 Å². The number of rotatable bonds is 4. The van der Waals surface area contributed by atoms with Crippen LogP contribution < -0.4 is 0 Å². The van der Waals surface area contributed by atoms with Gasteiger partial charge in [-0.2, -0.15) is 0 Å². The summed E-state index contributed by atoms with van der Waals surface area (Å²) < 4.78 is 27.7. The fourth-order valence-corrected chi connectivity index (χ4v) is 4.82. The van der Waals surface area contributed by atoms with Crippen molar-refractivity contribution in [3.8, 4) is 0 Å². The third kappa shape index (κ3) is 2.19. The summed E-state index contributed by atoms with van der Waals surface area (Å²) in [5, 5.41) is 0.121. The summed E-state index contributed by atoms with van der Waals surface area (Å²) >= 11 is 1.73. The molecule has 2 rings (SSSR count). The molecule has 2 unspecified atom stereocenters. The van der Waals surface area contributed by atoms with Gasteiger partial charge in [0.2, 0.25) is 0 Å². The van der Waals surface area contributed by atoms with Gasteiger partial charge in [-0.3, -0.25) is 4.57 Å². The van der Waals surface area contributed by atoms with Crippen LogP contribution in [0.5, 0.6) is 0 Å². The molecular formula is C9H17O5PS. The summed E-state index contributed by atoms with van der Waals surface area (Å²) in [5.74, 6) is 0.751. The van der Waals surface area contributed by atoms with E-state index in [2.05, 4.69) is 0 Å². The van der Waals surface area contributed by atoms with E-state index < -0.39 is 13.2 Å². The summed E-state index contributed by atoms with van der Waals surface area (Å²) in [6, 6.07) is 0. The van der Waals surface area contributed by atoms with Crippen molar-refractivity contribution < 1.29 is 23.5 Å². The molecule has 2 saturated heterocycles. The van der Waals surface area contributed by atoms with Gasteiger partial charge in [0.25, 0.3) is 0 Å². The molecule has 0 saturated carbocycles. The molecule has 5 nitrogen and oxygen atoms in total. The molecule has 2 bridgehead atoms. The van der Waals surface area contributed by atoms with Crippen LogP contribution in [0.15, 0.2) is 0 Å². The zero-order valence-corrected chi connectivity index (χ0v) is 11.3. The average molecular weight is 268 g/mol. The van der Waals surface area contributed by atoms with Crippen molar-refractivity contribution >= 4 is 19.4 Å². The smallest absolute Gasteiger partial charge is 0.325 e. The highest BCUT2D eigenvalue weighted by molar-refractivity contribution is 8.00. The molecule has 0 aromatic carbocycles. The highest BCUT2D eigenvalue weighted by atomic mass is 32.2. The van der Waals surface area contributed by atoms with E-state index in [1.54, 1.807) is 18.9 Å². The molecule has 5 atom stereocenters. The lowest BCUT2D eigenvalue weighted by molar-refractivity contribution is -0.0949. The van der Waals surface area contributed by atoms with Gasteiger partial charge in [-0.25, -0.2) is 0 Å². The van der Waals surface area contributed by atoms with E-state index in [0.29, 0.717) is 6.61 Å². The maximum atomic E-state index is 11.4. The summed E-state index contributed by atoms with van der Waals surface area (Å²) in [7, 11) is -1.89. The van der Waals surface area contributed by atoms with Crippen LogP contribution in [0.3, 0.4) is 0 Å². The number of hydrogen-bond acceptors (Lipinski definition) is 5. The number of ether oxygens (including phenoxy) is 2. The Bertz CT molecular complexity index is 319. The van der Waals surface area contributed by atoms with Gasteiger partial charge in [0, 0.05) is 19.5 Å². The van der Waals surface area contributed by atoms with E-state index in [0.717, 1.165) is 5.75 Å². The van der Waals surface area contributed by atoms with Crippen molar-refractivity contribution in [1.82, 2.24) is 0 Å². The second-order valence-electron chi connectivity index (χ2n) is 4.43. The van der Waals surface area contributed by atoms with E-state index in [1.165, 1.54) is 6.66 Å². The monoisotopic (exact) mass is 268 g/mol. The van der Waals surface area contributed by atoms with E-state index in [4.69, 9.17) is 14.0 Å². The van der Waals surface area contributed by atoms with Crippen LogP contribution in [0.4, 0.5) is 0 Å². The summed E-state index contributed by atoms with van der Waals surface area (Å²) in [6.07, 6.45) is -0.321. The maximum absolute atomic E-state index is 11.4. The molecule has 0 radical (unpaired) electrons. The first kappa shape index (κ1) is 12.9. The third-order valence-corrected chi connectivity index (χ3v) is 5.21. The fraction of sp³-hybridized carbons (Fsp3) is 1.00. The molecule has 7 heteroatoms. The minimum absolute atomic E-state index is 0.0328. The van der Waals surface area contributed by atoms with E-state index >= 15 is 0 Å². The molecule has 94 valence electrons. The Kier molecular flexibility index (Phi) is 3.43. The average Bonchev–Trinajstić information content (AvgIpc) is 2.54. The largest absolute Gasteiger partial charge is 0.382 e. The Morgan fingerprint density at radius 3 is 2.88 bits per heavy atom. The number of methoxy groups -OCH3 is 1. The van der Waals surface area contributed by atoms with Crippen LogP contribution in [0.2, 0.25) is 0 Å². The fourth-order valence-electron chi connectivity index (χ4n) is 2.40. The SMILES string of the molecule is COC[C@@]12CSC([C@H](C)O1)[C@H]2OP(C)(=O)O. The predicted octanol–water partition coefficient (Wildman–Crippen LogP) is 1.11. The second-order valence-corrected chi connectivity index (χ2v) is 7.41. The Morgan fingerprint density at radius 2 is 2.38 bits per heavy atom. The van der Waals surface area contributed by atoms with E-state index in [1.807, 2.05) is 6.92 Å². The van der Waals surface area contributed by atoms with Crippen molar-refractivity contribution in [1.29, 1.82) is 0 Å². The lowest BCUT2D eigenvalue weighted by Gasteiger charge is -2.30. The Morgan fingerprint density at radius 1 is 1.69 bits per heavy atom. The van der Waals surface area contributed by atoms with Gasteiger partial charge in [0.05, 0.1) is 18.0 Å². The third-order valence-electron chi connectivity index (χ3n) is 2.92. The predicted molar refractivity (Wildman–Crippen MR) is 62.0 cm³/mol. The first-order chi connectivity index (χ1) is 7.38. The van der Waals surface area contributed by atoms with Crippen LogP contribution in [-0.4, -0.2) is 54.1 Å². The molecule has 2 fully saturated rings. The number of thioether (sulfide) groups is 1. The zero-order chi connectivity index (χ0) is 12.0. The summed E-state index contributed by atoms with van der Waals surface area (Å²) in [4.78, 5) is 9.34. The molecule has 0 aromatic rings. The standard InChI is InChI=1S/C9H17O5PS/c1-6-7-8(14-15(3,10)11)9(13-6,4-12-2)5-16-7/h6-8H,4-5H2,1-3H3,(H,10,11)/t6-,7?,8+,9-/m0/s1. The Labute approximate surface area is 99.4 Å². The van der Waals surface area contributed by atoms with Gasteiger partial charge < -0.3 is 18.9 Å². The summed E-state index contributed by atoms with van der Waals surface area (Å²) in [5.41, 5.74) is -0.558. The summed E-state index contributed by atoms with van der Waals surface area (Å²) in [6.45, 7) is 3.56. The van der Waals surface area contributed by atoms with Crippen LogP contribution in [-0.2, 0) is 18.6 Å². The van der Waals surface area contributed by atoms with Crippen LogP contribution in [0, 0.1) is 0 Å². The molecule has 2 aliphatic heterocycles. The topological polar surface area (TPSA) is 65.0 Å². The molecular weight excluding hydrogens is 251 g/mol. The highest BCUT2D eigenvalue weighted by Crippen LogP contribution is 2.54. The van der Waals surface area contributed by atoms with Crippen molar-refractivity contribution in [3.63, 3.8) is 0 Å². The van der Waals surface area contributed by atoms with Crippen molar-refractivity contribution in [2.24, 2.45) is 0 Å². The number of fused-ring (bicyclic) bond motifs is 2. The zero-order valence-electron chi connectivity index (χ0n) is 9.58. The molecule has 1 N–H and O–H groups in total. The van der Waals surface area contributed by atoms with Gasteiger partial charge in [0.15, 0.2) is 0 Å². The van der Waals surface area contributed by atoms with Crippen molar-refractivity contribution in [3.05, 3.63) is 0 Å². The molecule has 2 aliphatic rings. The lowest BCUT2D eigenvalue weighted by atomic mass is 10.00. The van der Waals surface area contributed by atoms with Gasteiger partial charge in [-0.15, -0.1) is 11.8 Å². The van der Waals surface area contributed by atoms with Crippen LogP contribution in [0.25, 0.3) is 0 Å². The molecule has 2 heterocycles. The number of hydrogen-bond donors (Lipinski definition) is 1. The quantitative estimate of drug-likeness (QED) is 0.770. The molecule has 0 spiro atoms. The Hall–Kier alpha value is 0.420. The molecule has 0 amide bonds. The maximum Gasteiger partial charge on any atom is 0.325 e. The second kappa shape index (κ2) is 4.26.